The Morgan fingerprint density at radius 2 is 1.80 bits per heavy atom. The van der Waals surface area contributed by atoms with Crippen molar-refractivity contribution in [1.82, 2.24) is 9.62 Å². The molecule has 9 heteroatoms. The van der Waals surface area contributed by atoms with Gasteiger partial charge in [-0.05, 0) is 37.8 Å². The summed E-state index contributed by atoms with van der Waals surface area (Å²) in [6, 6.07) is 2.91. The number of hydrogen-bond donors (Lipinski definition) is 2. The van der Waals surface area contributed by atoms with Crippen LogP contribution in [0.15, 0.2) is 12.1 Å². The molecule has 0 bridgehead atoms. The first-order chi connectivity index (χ1) is 11.9. The number of nitrogens with zero attached hydrogens (tertiary/aromatic N) is 1. The van der Waals surface area contributed by atoms with Gasteiger partial charge in [-0.15, -0.1) is 11.3 Å². The van der Waals surface area contributed by atoms with Gasteiger partial charge in [-0.2, -0.15) is 0 Å². The number of carbonyl (C=O) groups excluding carboxylic acids is 1. The molecule has 1 atom stereocenters. The molecule has 3 rings (SSSR count). The van der Waals surface area contributed by atoms with Crippen molar-refractivity contribution in [3.05, 3.63) is 21.9 Å². The molecule has 25 heavy (non-hydrogen) atoms. The summed E-state index contributed by atoms with van der Waals surface area (Å²) in [6.45, 7) is 0.649. The molecule has 138 valence electrons. The minimum Gasteiger partial charge on any atom is -0.477 e. The van der Waals surface area contributed by atoms with Gasteiger partial charge < -0.3 is 10.0 Å². The predicted molar refractivity (Wildman–Crippen MR) is 94.5 cm³/mol. The van der Waals surface area contributed by atoms with Crippen molar-refractivity contribution >= 4 is 33.2 Å². The second kappa shape index (κ2) is 7.43. The van der Waals surface area contributed by atoms with Gasteiger partial charge in [-0.25, -0.2) is 17.9 Å². The fourth-order valence-electron chi connectivity index (χ4n) is 3.47. The Hall–Kier alpha value is -1.45. The van der Waals surface area contributed by atoms with Crippen LogP contribution < -0.4 is 4.72 Å². The van der Waals surface area contributed by atoms with Gasteiger partial charge >= 0.3 is 5.97 Å². The summed E-state index contributed by atoms with van der Waals surface area (Å²) in [5.41, 5.74) is 0. The number of thiophene rings is 1. The molecule has 1 unspecified atom stereocenters. The molecule has 0 radical (unpaired) electrons. The van der Waals surface area contributed by atoms with Crippen LogP contribution in [-0.2, 0) is 10.0 Å². The third-order valence-corrected chi connectivity index (χ3v) is 7.80. The lowest BCUT2D eigenvalue weighted by Crippen LogP contribution is -2.49. The Balaban J connectivity index is 1.67. The Kier molecular flexibility index (Phi) is 5.45. The summed E-state index contributed by atoms with van der Waals surface area (Å²) in [7, 11) is -3.46. The highest BCUT2D eigenvalue weighted by Gasteiger charge is 2.35. The van der Waals surface area contributed by atoms with Crippen LogP contribution in [0.4, 0.5) is 0 Å². The molecule has 2 fully saturated rings. The first-order valence-electron chi connectivity index (χ1n) is 8.50. The summed E-state index contributed by atoms with van der Waals surface area (Å²) in [6.07, 6.45) is 5.01. The van der Waals surface area contributed by atoms with Crippen LogP contribution in [-0.4, -0.2) is 54.7 Å². The number of carboxylic acid groups (broad SMARTS) is 1. The van der Waals surface area contributed by atoms with Gasteiger partial charge in [0.2, 0.25) is 10.0 Å². The zero-order chi connectivity index (χ0) is 18.0. The van der Waals surface area contributed by atoms with Gasteiger partial charge in [0, 0.05) is 19.1 Å². The van der Waals surface area contributed by atoms with Crippen molar-refractivity contribution in [3.8, 4) is 0 Å². The lowest BCUT2D eigenvalue weighted by atomic mass is 10.1. The maximum atomic E-state index is 12.6. The summed E-state index contributed by atoms with van der Waals surface area (Å²) < 4.78 is 28.0. The van der Waals surface area contributed by atoms with E-state index >= 15 is 0 Å². The molecule has 2 heterocycles. The van der Waals surface area contributed by atoms with Crippen LogP contribution in [0, 0.1) is 0 Å². The number of carboxylic acids is 1. The molecule has 1 aliphatic carbocycles. The molecular weight excluding hydrogens is 364 g/mol. The molecule has 1 aliphatic heterocycles. The minimum atomic E-state index is -3.46. The maximum Gasteiger partial charge on any atom is 0.345 e. The number of hydrogen-bond acceptors (Lipinski definition) is 5. The normalized spacial score (nSPS) is 22.2. The van der Waals surface area contributed by atoms with E-state index in [1.807, 2.05) is 0 Å². The van der Waals surface area contributed by atoms with E-state index < -0.39 is 21.2 Å². The summed E-state index contributed by atoms with van der Waals surface area (Å²) >= 11 is 0.922. The van der Waals surface area contributed by atoms with Crippen LogP contribution in [0.2, 0.25) is 0 Å². The lowest BCUT2D eigenvalue weighted by Gasteiger charge is -2.32. The minimum absolute atomic E-state index is 0.0199. The summed E-state index contributed by atoms with van der Waals surface area (Å²) in [5.74, 6) is -1.36. The Morgan fingerprint density at radius 1 is 1.12 bits per heavy atom. The quantitative estimate of drug-likeness (QED) is 0.804. The van der Waals surface area contributed by atoms with Crippen LogP contribution in [0.5, 0.6) is 0 Å². The number of amides is 1. The first kappa shape index (κ1) is 18.3. The molecule has 1 saturated heterocycles. The second-order valence-corrected chi connectivity index (χ2v) is 9.70. The van der Waals surface area contributed by atoms with Crippen molar-refractivity contribution in [2.75, 3.05) is 13.1 Å². The second-order valence-electron chi connectivity index (χ2n) is 6.63. The lowest BCUT2D eigenvalue weighted by molar-refractivity contribution is 0.0700. The topological polar surface area (TPSA) is 104 Å². The molecule has 0 aromatic carbocycles. The monoisotopic (exact) mass is 386 g/mol. The van der Waals surface area contributed by atoms with E-state index in [0.29, 0.717) is 24.3 Å². The number of piperidine rings is 1. The number of rotatable bonds is 5. The summed E-state index contributed by atoms with van der Waals surface area (Å²) in [4.78, 5) is 25.5. The fraction of sp³-hybridized carbons (Fsp3) is 0.625. The predicted octanol–water partition coefficient (Wildman–Crippen LogP) is 1.91. The van der Waals surface area contributed by atoms with Crippen molar-refractivity contribution in [3.63, 3.8) is 0 Å². The molecule has 2 aliphatic rings. The standard InChI is InChI=1S/C16H22N2O5S2/c19-15(13-7-8-14(24-13)16(20)21)18-9-3-6-12(10-18)25(22,23)17-11-4-1-2-5-11/h7-8,11-12,17H,1-6,9-10H2,(H,20,21). The highest BCUT2D eigenvalue weighted by molar-refractivity contribution is 7.90. The van der Waals surface area contributed by atoms with Gasteiger partial charge in [-0.1, -0.05) is 12.8 Å². The Morgan fingerprint density at radius 3 is 2.44 bits per heavy atom. The number of nitrogens with one attached hydrogen (secondary N) is 1. The fourth-order valence-corrected chi connectivity index (χ4v) is 6.03. The highest BCUT2D eigenvalue weighted by Crippen LogP contribution is 2.24. The molecular formula is C16H22N2O5S2. The molecule has 2 N–H and O–H groups in total. The van der Waals surface area contributed by atoms with Crippen molar-refractivity contribution < 1.29 is 23.1 Å². The largest absolute Gasteiger partial charge is 0.477 e. The van der Waals surface area contributed by atoms with E-state index in [0.717, 1.165) is 37.0 Å². The number of aromatic carboxylic acids is 1. The average Bonchev–Trinajstić information content (AvgIpc) is 3.25. The number of sulfonamides is 1. The van der Waals surface area contributed by atoms with Gasteiger partial charge in [0.1, 0.15) is 4.88 Å². The zero-order valence-corrected chi connectivity index (χ0v) is 15.4. The molecule has 7 nitrogen and oxygen atoms in total. The van der Waals surface area contributed by atoms with E-state index in [2.05, 4.69) is 4.72 Å². The number of likely N-dealkylation sites (tertiary alicyclic amines) is 1. The number of carbonyl (C=O) groups is 2. The van der Waals surface area contributed by atoms with Crippen LogP contribution >= 0.6 is 11.3 Å². The molecule has 1 aromatic heterocycles. The van der Waals surface area contributed by atoms with Crippen LogP contribution in [0.3, 0.4) is 0 Å². The van der Waals surface area contributed by atoms with E-state index in [4.69, 9.17) is 5.11 Å². The van der Waals surface area contributed by atoms with Crippen molar-refractivity contribution in [2.24, 2.45) is 0 Å². The first-order valence-corrected chi connectivity index (χ1v) is 10.9. The SMILES string of the molecule is O=C(O)c1ccc(C(=O)N2CCCC(S(=O)(=O)NC3CCCC3)C2)s1. The molecule has 1 amide bonds. The Bertz CT molecular complexity index is 752. The smallest absolute Gasteiger partial charge is 0.345 e. The maximum absolute atomic E-state index is 12.6. The highest BCUT2D eigenvalue weighted by atomic mass is 32.2. The molecule has 1 saturated carbocycles. The Labute approximate surface area is 151 Å². The molecule has 0 spiro atoms. The van der Waals surface area contributed by atoms with Gasteiger partial charge in [-0.3, -0.25) is 4.79 Å². The molecule has 1 aromatic rings. The summed E-state index contributed by atoms with van der Waals surface area (Å²) in [5, 5.41) is 8.37. The van der Waals surface area contributed by atoms with Gasteiger partial charge in [0.05, 0.1) is 10.1 Å². The van der Waals surface area contributed by atoms with Crippen LogP contribution in [0.25, 0.3) is 0 Å². The van der Waals surface area contributed by atoms with Crippen LogP contribution in [0.1, 0.15) is 57.9 Å². The third kappa shape index (κ3) is 4.21. The van der Waals surface area contributed by atoms with Crippen molar-refractivity contribution in [2.45, 2.75) is 49.8 Å². The van der Waals surface area contributed by atoms with Crippen molar-refractivity contribution in [1.29, 1.82) is 0 Å². The van der Waals surface area contributed by atoms with E-state index in [1.54, 1.807) is 0 Å². The average molecular weight is 386 g/mol. The van der Waals surface area contributed by atoms with E-state index in [1.165, 1.54) is 17.0 Å². The van der Waals surface area contributed by atoms with Gasteiger partial charge in [0.15, 0.2) is 0 Å². The third-order valence-electron chi connectivity index (χ3n) is 4.82. The van der Waals surface area contributed by atoms with Gasteiger partial charge in [0.25, 0.3) is 5.91 Å². The zero-order valence-electron chi connectivity index (χ0n) is 13.8. The van der Waals surface area contributed by atoms with E-state index in [9.17, 15) is 18.0 Å². The van der Waals surface area contributed by atoms with E-state index in [-0.39, 0.29) is 23.4 Å².